The predicted octanol–water partition coefficient (Wildman–Crippen LogP) is 5.85. The Hall–Kier alpha value is -3.29. The Labute approximate surface area is 200 Å². The molecule has 2 aliphatic rings. The first kappa shape index (κ1) is 21.6. The minimum Gasteiger partial charge on any atom is -0.492 e. The smallest absolute Gasteiger partial charge is 0.283 e. The van der Waals surface area contributed by atoms with Gasteiger partial charge < -0.3 is 9.30 Å². The molecule has 3 aromatic rings. The Bertz CT molecular complexity index is 1400. The van der Waals surface area contributed by atoms with E-state index in [0.717, 1.165) is 32.7 Å². The second kappa shape index (κ2) is 8.57. The highest BCUT2D eigenvalue weighted by molar-refractivity contribution is 8.17. The Morgan fingerprint density at radius 1 is 1.21 bits per heavy atom. The van der Waals surface area contributed by atoms with Crippen LogP contribution in [-0.4, -0.2) is 33.0 Å². The van der Waals surface area contributed by atoms with Crippen molar-refractivity contribution in [3.05, 3.63) is 81.5 Å². The van der Waals surface area contributed by atoms with Crippen molar-refractivity contribution in [3.63, 3.8) is 0 Å². The van der Waals surface area contributed by atoms with Crippen molar-refractivity contribution in [1.82, 2.24) is 9.47 Å². The number of rotatable bonds is 5. The van der Waals surface area contributed by atoms with E-state index >= 15 is 0 Å². The van der Waals surface area contributed by atoms with E-state index in [1.165, 1.54) is 11.8 Å². The lowest BCUT2D eigenvalue weighted by Crippen LogP contribution is -2.35. The molecule has 0 bridgehead atoms. The number of aliphatic imine (C=N–C) groups is 1. The molecule has 1 amide bonds. The molecule has 2 aromatic carbocycles. The van der Waals surface area contributed by atoms with Crippen LogP contribution in [0, 0.1) is 12.3 Å². The van der Waals surface area contributed by atoms with Crippen LogP contribution in [0.5, 0.6) is 5.75 Å². The largest absolute Gasteiger partial charge is 0.492 e. The van der Waals surface area contributed by atoms with Gasteiger partial charge in [0.25, 0.3) is 5.91 Å². The van der Waals surface area contributed by atoms with Gasteiger partial charge in [0, 0.05) is 38.8 Å². The SMILES string of the molecule is CC1=CN2C(=N)C(=Cc3cn(CCOc4ccc(Cl)c(C)c4)c4ccccc34)C(=O)N=C2S1. The summed E-state index contributed by atoms with van der Waals surface area (Å²) in [5.74, 6) is 0.533. The number of aromatic nitrogens is 1. The standard InChI is InChI=1S/C25H21ClN4O2S/c1-15-11-18(7-8-21(15)26)32-10-9-29-14-17(19-5-3-4-6-22(19)29)12-20-23(27)30-13-16(2)33-25(30)28-24(20)31/h3-8,11-14,27H,9-10H2,1-2H3. The first-order valence-electron chi connectivity index (χ1n) is 10.5. The quantitative estimate of drug-likeness (QED) is 0.469. The number of halogens is 1. The van der Waals surface area contributed by atoms with Crippen molar-refractivity contribution in [1.29, 1.82) is 5.41 Å². The van der Waals surface area contributed by atoms with Crippen molar-refractivity contribution < 1.29 is 9.53 Å². The van der Waals surface area contributed by atoms with Crippen LogP contribution in [0.2, 0.25) is 5.02 Å². The Balaban J connectivity index is 1.42. The van der Waals surface area contributed by atoms with E-state index in [2.05, 4.69) is 9.56 Å². The van der Waals surface area contributed by atoms with Crippen LogP contribution in [0.1, 0.15) is 18.1 Å². The van der Waals surface area contributed by atoms with E-state index in [1.807, 2.05) is 68.7 Å². The number of ether oxygens (including phenoxy) is 1. The fourth-order valence-corrected chi connectivity index (χ4v) is 4.84. The average Bonchev–Trinajstić information content (AvgIpc) is 3.34. The summed E-state index contributed by atoms with van der Waals surface area (Å²) in [4.78, 5) is 19.5. The molecule has 0 aliphatic carbocycles. The van der Waals surface area contributed by atoms with Crippen LogP contribution < -0.4 is 4.74 Å². The van der Waals surface area contributed by atoms with Crippen LogP contribution >= 0.6 is 23.4 Å². The van der Waals surface area contributed by atoms with E-state index in [0.29, 0.717) is 23.3 Å². The number of thioether (sulfide) groups is 1. The summed E-state index contributed by atoms with van der Waals surface area (Å²) in [6, 6.07) is 13.6. The highest BCUT2D eigenvalue weighted by Gasteiger charge is 2.33. The van der Waals surface area contributed by atoms with Crippen molar-refractivity contribution in [2.75, 3.05) is 6.61 Å². The third-order valence-electron chi connectivity index (χ3n) is 5.54. The maximum atomic E-state index is 12.7. The number of fused-ring (bicyclic) bond motifs is 2. The van der Waals surface area contributed by atoms with Crippen molar-refractivity contribution >= 4 is 57.3 Å². The minimum absolute atomic E-state index is 0.146. The lowest BCUT2D eigenvalue weighted by atomic mass is 10.1. The summed E-state index contributed by atoms with van der Waals surface area (Å²) in [6.07, 6.45) is 5.60. The summed E-state index contributed by atoms with van der Waals surface area (Å²) in [5.41, 5.74) is 3.15. The molecule has 0 radical (unpaired) electrons. The first-order chi connectivity index (χ1) is 15.9. The molecule has 33 heavy (non-hydrogen) atoms. The first-order valence-corrected chi connectivity index (χ1v) is 11.7. The van der Waals surface area contributed by atoms with Gasteiger partial charge in [-0.1, -0.05) is 41.6 Å². The number of allylic oxidation sites excluding steroid dienone is 1. The monoisotopic (exact) mass is 476 g/mol. The number of nitrogens with zero attached hydrogens (tertiary/aromatic N) is 3. The molecule has 8 heteroatoms. The van der Waals surface area contributed by atoms with Crippen molar-refractivity contribution in [2.24, 2.45) is 4.99 Å². The number of hydrogen-bond donors (Lipinski definition) is 1. The average molecular weight is 477 g/mol. The molecule has 1 N–H and O–H groups in total. The van der Waals surface area contributed by atoms with Gasteiger partial charge in [-0.25, -0.2) is 0 Å². The van der Waals surface area contributed by atoms with Gasteiger partial charge >= 0.3 is 0 Å². The summed E-state index contributed by atoms with van der Waals surface area (Å²) in [6.45, 7) is 4.99. The Morgan fingerprint density at radius 3 is 2.85 bits per heavy atom. The van der Waals surface area contributed by atoms with Gasteiger partial charge in [-0.3, -0.25) is 15.1 Å². The van der Waals surface area contributed by atoms with Gasteiger partial charge in [0.1, 0.15) is 18.2 Å². The lowest BCUT2D eigenvalue weighted by Gasteiger charge is -2.22. The van der Waals surface area contributed by atoms with E-state index in [1.54, 1.807) is 11.0 Å². The number of benzene rings is 2. The topological polar surface area (TPSA) is 70.7 Å². The second-order valence-corrected chi connectivity index (χ2v) is 9.49. The normalized spacial score (nSPS) is 16.9. The molecule has 0 fully saturated rings. The number of para-hydroxylation sites is 1. The summed E-state index contributed by atoms with van der Waals surface area (Å²) in [7, 11) is 0. The Kier molecular flexibility index (Phi) is 5.60. The molecule has 6 nitrogen and oxygen atoms in total. The van der Waals surface area contributed by atoms with Crippen LogP contribution in [0.25, 0.3) is 17.0 Å². The van der Waals surface area contributed by atoms with Gasteiger partial charge in [0.05, 0.1) is 12.1 Å². The summed E-state index contributed by atoms with van der Waals surface area (Å²) < 4.78 is 8.03. The maximum Gasteiger partial charge on any atom is 0.283 e. The molecule has 0 saturated carbocycles. The molecule has 0 spiro atoms. The highest BCUT2D eigenvalue weighted by Crippen LogP contribution is 2.33. The van der Waals surface area contributed by atoms with Gasteiger partial charge in [-0.05, 0) is 49.8 Å². The predicted molar refractivity (Wildman–Crippen MR) is 135 cm³/mol. The number of nitrogens with one attached hydrogen (secondary N) is 1. The minimum atomic E-state index is -0.389. The number of amides is 1. The molecule has 0 saturated heterocycles. The lowest BCUT2D eigenvalue weighted by molar-refractivity contribution is -0.114. The molecular weight excluding hydrogens is 456 g/mol. The molecule has 0 atom stereocenters. The van der Waals surface area contributed by atoms with Crippen LogP contribution in [0.4, 0.5) is 0 Å². The van der Waals surface area contributed by atoms with Crippen LogP contribution in [0.3, 0.4) is 0 Å². The molecule has 0 unspecified atom stereocenters. The highest BCUT2D eigenvalue weighted by atomic mass is 35.5. The van der Waals surface area contributed by atoms with Crippen molar-refractivity contribution in [2.45, 2.75) is 20.4 Å². The maximum absolute atomic E-state index is 12.7. The number of hydrogen-bond acceptors (Lipinski definition) is 4. The fraction of sp³-hybridized carbons (Fsp3) is 0.160. The zero-order valence-corrected chi connectivity index (χ0v) is 19.7. The van der Waals surface area contributed by atoms with E-state index < -0.39 is 0 Å². The van der Waals surface area contributed by atoms with Crippen molar-refractivity contribution in [3.8, 4) is 5.75 Å². The summed E-state index contributed by atoms with van der Waals surface area (Å²) >= 11 is 7.50. The number of carbonyl (C=O) groups excluding carboxylic acids is 1. The molecule has 1 aromatic heterocycles. The van der Waals surface area contributed by atoms with E-state index in [4.69, 9.17) is 21.7 Å². The number of carbonyl (C=O) groups is 1. The third kappa shape index (κ3) is 4.10. The molecule has 5 rings (SSSR count). The zero-order valence-electron chi connectivity index (χ0n) is 18.1. The van der Waals surface area contributed by atoms with Gasteiger partial charge in [-0.15, -0.1) is 0 Å². The molecule has 166 valence electrons. The van der Waals surface area contributed by atoms with E-state index in [9.17, 15) is 4.79 Å². The van der Waals surface area contributed by atoms with Gasteiger partial charge in [0.2, 0.25) is 0 Å². The fourth-order valence-electron chi connectivity index (χ4n) is 3.90. The third-order valence-corrected chi connectivity index (χ3v) is 6.86. The zero-order chi connectivity index (χ0) is 23.1. The van der Waals surface area contributed by atoms with Crippen LogP contribution in [-0.2, 0) is 11.3 Å². The number of aryl methyl sites for hydroxylation is 1. The molecule has 2 aliphatic heterocycles. The van der Waals surface area contributed by atoms with Gasteiger partial charge in [-0.2, -0.15) is 4.99 Å². The number of amidine groups is 2. The molecular formula is C25H21ClN4O2S. The Morgan fingerprint density at radius 2 is 2.03 bits per heavy atom. The van der Waals surface area contributed by atoms with E-state index in [-0.39, 0.29) is 17.3 Å². The van der Waals surface area contributed by atoms with Gasteiger partial charge in [0.15, 0.2) is 5.17 Å². The summed E-state index contributed by atoms with van der Waals surface area (Å²) in [5, 5.41) is 10.8. The second-order valence-electron chi connectivity index (χ2n) is 7.87. The van der Waals surface area contributed by atoms with Crippen LogP contribution in [0.15, 0.2) is 70.3 Å². The molecule has 3 heterocycles.